The van der Waals surface area contributed by atoms with Crippen molar-refractivity contribution in [1.82, 2.24) is 24.3 Å². The number of piperazine rings is 1. The number of amides is 1. The number of fused-ring (bicyclic) bond motifs is 1. The van der Waals surface area contributed by atoms with E-state index in [4.69, 9.17) is 16.6 Å². The maximum atomic E-state index is 13.4. The molecule has 1 amide bonds. The first kappa shape index (κ1) is 22.4. The number of imidazole rings is 1. The molecule has 176 valence electrons. The molecule has 0 radical (unpaired) electrons. The summed E-state index contributed by atoms with van der Waals surface area (Å²) in [5.74, 6) is 1.08. The highest BCUT2D eigenvalue weighted by Gasteiger charge is 2.28. The van der Waals surface area contributed by atoms with E-state index in [9.17, 15) is 4.79 Å². The van der Waals surface area contributed by atoms with Crippen LogP contribution in [0.4, 0.5) is 11.5 Å². The Kier molecular flexibility index (Phi) is 6.24. The van der Waals surface area contributed by atoms with E-state index >= 15 is 0 Å². The molecule has 3 aromatic rings. The average molecular weight is 478 g/mol. The van der Waals surface area contributed by atoms with Gasteiger partial charge >= 0.3 is 0 Å². The third-order valence-corrected chi connectivity index (χ3v) is 6.75. The number of halogens is 1. The molecule has 34 heavy (non-hydrogen) atoms. The van der Waals surface area contributed by atoms with Crippen molar-refractivity contribution in [1.29, 1.82) is 0 Å². The van der Waals surface area contributed by atoms with Crippen molar-refractivity contribution in [3.63, 3.8) is 0 Å². The topological polar surface area (TPSA) is 78.7 Å². The van der Waals surface area contributed by atoms with Gasteiger partial charge in [0.25, 0.3) is 0 Å². The molecular weight excluding hydrogens is 450 g/mol. The molecule has 4 heterocycles. The molecule has 1 aliphatic heterocycles. The van der Waals surface area contributed by atoms with Crippen molar-refractivity contribution < 1.29 is 4.79 Å². The molecular formula is C25H28ClN7O. The first-order valence-electron chi connectivity index (χ1n) is 11.6. The fourth-order valence-corrected chi connectivity index (χ4v) is 5.05. The van der Waals surface area contributed by atoms with Gasteiger partial charge in [-0.25, -0.2) is 4.98 Å². The number of carbonyl (C=O) groups excluding carboxylic acids is 1. The lowest BCUT2D eigenvalue weighted by molar-refractivity contribution is -0.131. The van der Waals surface area contributed by atoms with Crippen molar-refractivity contribution in [3.8, 4) is 0 Å². The number of aromatic nitrogens is 4. The zero-order valence-corrected chi connectivity index (χ0v) is 20.1. The molecule has 2 unspecified atom stereocenters. The Morgan fingerprint density at radius 1 is 1.15 bits per heavy atom. The van der Waals surface area contributed by atoms with Gasteiger partial charge in [0.05, 0.1) is 22.6 Å². The second-order valence-corrected chi connectivity index (χ2v) is 9.18. The van der Waals surface area contributed by atoms with Crippen molar-refractivity contribution >= 4 is 34.7 Å². The minimum atomic E-state index is -0.396. The van der Waals surface area contributed by atoms with Gasteiger partial charge in [-0.1, -0.05) is 35.9 Å². The first-order chi connectivity index (χ1) is 16.5. The predicted octanol–water partition coefficient (Wildman–Crippen LogP) is 3.84. The van der Waals surface area contributed by atoms with E-state index in [0.29, 0.717) is 18.1 Å². The predicted molar refractivity (Wildman–Crippen MR) is 134 cm³/mol. The average Bonchev–Trinajstić information content (AvgIpc) is 3.23. The van der Waals surface area contributed by atoms with E-state index in [1.807, 2.05) is 47.7 Å². The zero-order valence-electron chi connectivity index (χ0n) is 19.4. The van der Waals surface area contributed by atoms with Gasteiger partial charge in [-0.05, 0) is 25.8 Å². The molecule has 0 spiro atoms. The Labute approximate surface area is 204 Å². The summed E-state index contributed by atoms with van der Waals surface area (Å²) in [7, 11) is 0. The van der Waals surface area contributed by atoms with Crippen molar-refractivity contribution in [2.24, 2.45) is 0 Å². The molecule has 2 aliphatic rings. The highest BCUT2D eigenvalue weighted by Crippen LogP contribution is 2.32. The maximum Gasteiger partial charge on any atom is 0.244 e. The lowest BCUT2D eigenvalue weighted by Gasteiger charge is -2.38. The fourth-order valence-electron chi connectivity index (χ4n) is 4.73. The van der Waals surface area contributed by atoms with Crippen LogP contribution in [-0.4, -0.2) is 62.4 Å². The van der Waals surface area contributed by atoms with Crippen LogP contribution in [0.5, 0.6) is 0 Å². The van der Waals surface area contributed by atoms with E-state index < -0.39 is 6.04 Å². The minimum Gasteiger partial charge on any atom is -0.366 e. The van der Waals surface area contributed by atoms with Crippen LogP contribution < -0.4 is 10.2 Å². The van der Waals surface area contributed by atoms with E-state index in [-0.39, 0.29) is 11.8 Å². The Bertz CT molecular complexity index is 1240. The number of carbonyl (C=O) groups is 1. The van der Waals surface area contributed by atoms with Crippen molar-refractivity contribution in [3.05, 3.63) is 71.6 Å². The Balaban J connectivity index is 1.31. The number of anilines is 2. The summed E-state index contributed by atoms with van der Waals surface area (Å²) in [5.41, 5.74) is 3.75. The van der Waals surface area contributed by atoms with Crippen molar-refractivity contribution in [2.75, 3.05) is 36.4 Å². The van der Waals surface area contributed by atoms with E-state index in [1.165, 1.54) is 0 Å². The number of aryl methyl sites for hydroxylation is 1. The van der Waals surface area contributed by atoms with Gasteiger partial charge in [0.2, 0.25) is 5.91 Å². The summed E-state index contributed by atoms with van der Waals surface area (Å²) in [6, 6.07) is -0.396. The summed E-state index contributed by atoms with van der Waals surface area (Å²) in [5, 5.41) is 4.12. The number of rotatable bonds is 5. The third kappa shape index (κ3) is 4.25. The Hall–Kier alpha value is -3.39. The number of hydrogen-bond acceptors (Lipinski definition) is 6. The molecule has 9 heteroatoms. The lowest BCUT2D eigenvalue weighted by Crippen LogP contribution is -2.52. The first-order valence-corrected chi connectivity index (χ1v) is 12.0. The molecule has 5 rings (SSSR count). The smallest absolute Gasteiger partial charge is 0.244 e. The highest BCUT2D eigenvalue weighted by molar-refractivity contribution is 6.33. The van der Waals surface area contributed by atoms with Gasteiger partial charge in [-0.15, -0.1) is 0 Å². The molecule has 2 atom stereocenters. The van der Waals surface area contributed by atoms with Crippen molar-refractivity contribution in [2.45, 2.75) is 32.2 Å². The molecule has 1 saturated heterocycles. The zero-order chi connectivity index (χ0) is 23.7. The number of nitrogens with one attached hydrogen (secondary N) is 1. The summed E-state index contributed by atoms with van der Waals surface area (Å²) in [6.07, 6.45) is 18.1. The van der Waals surface area contributed by atoms with Crippen LogP contribution in [0.15, 0.2) is 55.3 Å². The molecule has 0 bridgehead atoms. The van der Waals surface area contributed by atoms with Crippen LogP contribution in [0.1, 0.15) is 30.5 Å². The Morgan fingerprint density at radius 2 is 1.97 bits per heavy atom. The molecule has 1 N–H and O–H groups in total. The van der Waals surface area contributed by atoms with Gasteiger partial charge in [-0.3, -0.25) is 19.2 Å². The molecule has 1 aliphatic carbocycles. The summed E-state index contributed by atoms with van der Waals surface area (Å²) in [6.45, 7) is 6.67. The van der Waals surface area contributed by atoms with Crippen LogP contribution in [0.25, 0.3) is 5.65 Å². The maximum absolute atomic E-state index is 13.4. The Morgan fingerprint density at radius 3 is 2.71 bits per heavy atom. The number of allylic oxidation sites excluding steroid dienone is 4. The summed E-state index contributed by atoms with van der Waals surface area (Å²) >= 11 is 6.40. The standard InChI is InChI=1S/C25H28ClN7O/c1-17-14-28-15-20(26)23(17)31-10-12-32(13-11-31)25(34)18(2)29-24-22(19-6-4-3-5-7-19)30-21-16-27-8-9-33(21)24/h3-6,8-9,14-16,18-19,29H,7,10-13H2,1-2H3. The molecule has 1 fully saturated rings. The van der Waals surface area contributed by atoms with Crippen LogP contribution in [0.2, 0.25) is 5.02 Å². The summed E-state index contributed by atoms with van der Waals surface area (Å²) in [4.78, 5) is 30.7. The van der Waals surface area contributed by atoms with E-state index in [2.05, 4.69) is 32.3 Å². The summed E-state index contributed by atoms with van der Waals surface area (Å²) < 4.78 is 1.98. The second-order valence-electron chi connectivity index (χ2n) is 8.77. The minimum absolute atomic E-state index is 0.0752. The molecule has 0 aromatic carbocycles. The van der Waals surface area contributed by atoms with Crippen LogP contribution in [0.3, 0.4) is 0 Å². The van der Waals surface area contributed by atoms with Gasteiger partial charge in [0, 0.05) is 56.9 Å². The van der Waals surface area contributed by atoms with Gasteiger partial charge in [0.15, 0.2) is 5.65 Å². The van der Waals surface area contributed by atoms with E-state index in [1.54, 1.807) is 18.6 Å². The van der Waals surface area contributed by atoms with Crippen LogP contribution in [-0.2, 0) is 4.79 Å². The van der Waals surface area contributed by atoms with Gasteiger partial charge < -0.3 is 15.1 Å². The molecule has 8 nitrogen and oxygen atoms in total. The third-order valence-electron chi connectivity index (χ3n) is 6.48. The largest absolute Gasteiger partial charge is 0.366 e. The fraction of sp³-hybridized carbons (Fsp3) is 0.360. The lowest BCUT2D eigenvalue weighted by atomic mass is 9.97. The van der Waals surface area contributed by atoms with Crippen LogP contribution >= 0.6 is 11.6 Å². The van der Waals surface area contributed by atoms with Gasteiger partial charge in [-0.2, -0.15) is 0 Å². The SMILES string of the molecule is Cc1cncc(Cl)c1N1CCN(C(=O)C(C)Nc2c(C3C=CC=CC3)nc3cnccn23)CC1. The molecule has 0 saturated carbocycles. The number of nitrogens with zero attached hydrogens (tertiary/aromatic N) is 6. The van der Waals surface area contributed by atoms with E-state index in [0.717, 1.165) is 47.9 Å². The number of hydrogen-bond donors (Lipinski definition) is 1. The van der Waals surface area contributed by atoms with Crippen LogP contribution in [0, 0.1) is 6.92 Å². The monoisotopic (exact) mass is 477 g/mol. The second kappa shape index (κ2) is 9.46. The van der Waals surface area contributed by atoms with Gasteiger partial charge in [0.1, 0.15) is 11.9 Å². The highest BCUT2D eigenvalue weighted by atomic mass is 35.5. The quantitative estimate of drug-likeness (QED) is 0.601. The normalized spacial score (nSPS) is 19.0. The number of pyridine rings is 1. The molecule has 3 aromatic heterocycles.